The maximum atomic E-state index is 12.4. The number of hydrogen-bond acceptors (Lipinski definition) is 2. The molecule has 2 amide bonds. The molecule has 1 aliphatic rings. The summed E-state index contributed by atoms with van der Waals surface area (Å²) in [6, 6.07) is 13.8. The smallest absolute Gasteiger partial charge is 0.267 e. The molecule has 6 heteroatoms. The monoisotopic (exact) mass is 332 g/mol. The van der Waals surface area contributed by atoms with E-state index in [0.29, 0.717) is 21.3 Å². The molecule has 0 unspecified atom stereocenters. The average Bonchev–Trinajstić information content (AvgIpc) is 2.79. The Morgan fingerprint density at radius 3 is 2.18 bits per heavy atom. The summed E-state index contributed by atoms with van der Waals surface area (Å²) < 4.78 is 0. The molecule has 1 fully saturated rings. The van der Waals surface area contributed by atoms with Crippen molar-refractivity contribution in [3.63, 3.8) is 0 Å². The van der Waals surface area contributed by atoms with Crippen molar-refractivity contribution in [2.24, 2.45) is 0 Å². The van der Waals surface area contributed by atoms with Gasteiger partial charge in [0, 0.05) is 15.6 Å². The van der Waals surface area contributed by atoms with Crippen molar-refractivity contribution >= 4 is 46.8 Å². The van der Waals surface area contributed by atoms with E-state index in [9.17, 15) is 9.59 Å². The third kappa shape index (κ3) is 2.58. The fraction of sp³-hybridized carbons (Fsp3) is 0. The number of para-hydroxylation sites is 1. The lowest BCUT2D eigenvalue weighted by molar-refractivity contribution is -0.117. The normalized spacial score (nSPS) is 16.3. The van der Waals surface area contributed by atoms with E-state index >= 15 is 0 Å². The van der Waals surface area contributed by atoms with E-state index in [0.717, 1.165) is 0 Å². The van der Waals surface area contributed by atoms with Crippen molar-refractivity contribution in [1.82, 2.24) is 5.43 Å². The van der Waals surface area contributed by atoms with E-state index in [1.54, 1.807) is 42.5 Å². The minimum atomic E-state index is -0.496. The molecule has 2 aromatic rings. The zero-order valence-electron chi connectivity index (χ0n) is 11.2. The van der Waals surface area contributed by atoms with Gasteiger partial charge in [-0.25, -0.2) is 5.01 Å². The van der Waals surface area contributed by atoms with E-state index < -0.39 is 11.8 Å². The molecule has 22 heavy (non-hydrogen) atoms. The zero-order valence-corrected chi connectivity index (χ0v) is 12.7. The van der Waals surface area contributed by atoms with Crippen LogP contribution in [0.25, 0.3) is 6.08 Å². The molecule has 1 saturated heterocycles. The van der Waals surface area contributed by atoms with E-state index in [1.165, 1.54) is 11.1 Å². The van der Waals surface area contributed by atoms with Crippen molar-refractivity contribution < 1.29 is 9.59 Å². The Balaban J connectivity index is 2.01. The molecule has 4 nitrogen and oxygen atoms in total. The molecule has 1 heterocycles. The molecule has 0 aromatic heterocycles. The highest BCUT2D eigenvalue weighted by Gasteiger charge is 2.34. The standard InChI is InChI=1S/C16H10Cl2N2O2/c17-13-7-4-8-14(18)11(13)9-12-15(21)19-20(16(12)22)10-5-2-1-3-6-10/h1-9H,(H,19,21). The Morgan fingerprint density at radius 2 is 1.55 bits per heavy atom. The van der Waals surface area contributed by atoms with Crippen molar-refractivity contribution in [2.45, 2.75) is 0 Å². The van der Waals surface area contributed by atoms with Crippen LogP contribution in [-0.2, 0) is 9.59 Å². The van der Waals surface area contributed by atoms with Gasteiger partial charge < -0.3 is 0 Å². The van der Waals surface area contributed by atoms with Gasteiger partial charge in [-0.15, -0.1) is 0 Å². The molecule has 2 aromatic carbocycles. The Hall–Kier alpha value is -2.30. The number of nitrogens with one attached hydrogen (secondary N) is 1. The SMILES string of the molecule is O=C1NN(c2ccccc2)C(=O)C1=Cc1c(Cl)cccc1Cl. The van der Waals surface area contributed by atoms with Gasteiger partial charge in [-0.3, -0.25) is 15.0 Å². The van der Waals surface area contributed by atoms with Crippen LogP contribution in [-0.4, -0.2) is 11.8 Å². The van der Waals surface area contributed by atoms with Gasteiger partial charge in [0.25, 0.3) is 11.8 Å². The van der Waals surface area contributed by atoms with Gasteiger partial charge in [-0.05, 0) is 30.3 Å². The molecule has 0 radical (unpaired) electrons. The van der Waals surface area contributed by atoms with Crippen LogP contribution in [0.1, 0.15) is 5.56 Å². The van der Waals surface area contributed by atoms with Crippen molar-refractivity contribution in [1.29, 1.82) is 0 Å². The number of carbonyl (C=O) groups excluding carboxylic acids is 2. The van der Waals surface area contributed by atoms with Crippen LogP contribution in [0, 0.1) is 0 Å². The molecule has 0 atom stereocenters. The van der Waals surface area contributed by atoms with Gasteiger partial charge in [-0.2, -0.15) is 0 Å². The number of nitrogens with zero attached hydrogens (tertiary/aromatic N) is 1. The zero-order chi connectivity index (χ0) is 15.7. The molecule has 0 saturated carbocycles. The van der Waals surface area contributed by atoms with Crippen molar-refractivity contribution in [3.8, 4) is 0 Å². The first-order valence-electron chi connectivity index (χ1n) is 6.44. The summed E-state index contributed by atoms with van der Waals surface area (Å²) in [4.78, 5) is 24.5. The summed E-state index contributed by atoms with van der Waals surface area (Å²) in [7, 11) is 0. The molecule has 0 spiro atoms. The maximum Gasteiger partial charge on any atom is 0.282 e. The molecule has 3 rings (SSSR count). The third-order valence-electron chi connectivity index (χ3n) is 3.19. The van der Waals surface area contributed by atoms with Gasteiger partial charge in [0.05, 0.1) is 5.69 Å². The van der Waals surface area contributed by atoms with E-state index in [2.05, 4.69) is 5.43 Å². The highest BCUT2D eigenvalue weighted by molar-refractivity contribution is 6.38. The highest BCUT2D eigenvalue weighted by atomic mass is 35.5. The number of anilines is 1. The first kappa shape index (κ1) is 14.6. The van der Waals surface area contributed by atoms with Gasteiger partial charge in [0.2, 0.25) is 0 Å². The van der Waals surface area contributed by atoms with Crippen LogP contribution in [0.2, 0.25) is 10.0 Å². The number of benzene rings is 2. The Morgan fingerprint density at radius 1 is 0.909 bits per heavy atom. The van der Waals surface area contributed by atoms with Crippen LogP contribution in [0.5, 0.6) is 0 Å². The lowest BCUT2D eigenvalue weighted by Gasteiger charge is -2.13. The Labute approximate surface area is 136 Å². The third-order valence-corrected chi connectivity index (χ3v) is 3.85. The van der Waals surface area contributed by atoms with Crippen molar-refractivity contribution in [3.05, 3.63) is 69.7 Å². The summed E-state index contributed by atoms with van der Waals surface area (Å²) in [6.07, 6.45) is 1.41. The summed E-state index contributed by atoms with van der Waals surface area (Å²) >= 11 is 12.1. The quantitative estimate of drug-likeness (QED) is 0.676. The lowest BCUT2D eigenvalue weighted by atomic mass is 10.1. The molecule has 1 aliphatic heterocycles. The molecule has 1 N–H and O–H groups in total. The molecule has 0 aliphatic carbocycles. The summed E-state index contributed by atoms with van der Waals surface area (Å²) in [6.45, 7) is 0. The second-order valence-corrected chi connectivity index (χ2v) is 5.42. The number of hydrogen-bond donors (Lipinski definition) is 1. The summed E-state index contributed by atoms with van der Waals surface area (Å²) in [5, 5.41) is 1.94. The number of carbonyl (C=O) groups is 2. The minimum absolute atomic E-state index is 0.0150. The molecule has 110 valence electrons. The van der Waals surface area contributed by atoms with Gasteiger partial charge in [0.1, 0.15) is 5.57 Å². The fourth-order valence-electron chi connectivity index (χ4n) is 2.11. The average molecular weight is 333 g/mol. The van der Waals surface area contributed by atoms with Crippen LogP contribution in [0.15, 0.2) is 54.1 Å². The minimum Gasteiger partial charge on any atom is -0.267 e. The van der Waals surface area contributed by atoms with E-state index in [4.69, 9.17) is 23.2 Å². The lowest BCUT2D eigenvalue weighted by Crippen LogP contribution is -2.35. The molecular formula is C16H10Cl2N2O2. The van der Waals surface area contributed by atoms with Crippen LogP contribution in [0.4, 0.5) is 5.69 Å². The van der Waals surface area contributed by atoms with Gasteiger partial charge in [-0.1, -0.05) is 47.5 Å². The van der Waals surface area contributed by atoms with Crippen LogP contribution >= 0.6 is 23.2 Å². The van der Waals surface area contributed by atoms with Crippen LogP contribution < -0.4 is 10.4 Å². The second kappa shape index (κ2) is 5.83. The topological polar surface area (TPSA) is 49.4 Å². The van der Waals surface area contributed by atoms with Gasteiger partial charge in [0.15, 0.2) is 0 Å². The first-order chi connectivity index (χ1) is 10.6. The summed E-state index contributed by atoms with van der Waals surface area (Å²) in [5.41, 5.74) is 3.53. The number of halogens is 2. The maximum absolute atomic E-state index is 12.4. The van der Waals surface area contributed by atoms with E-state index in [1.807, 2.05) is 6.07 Å². The van der Waals surface area contributed by atoms with Crippen molar-refractivity contribution in [2.75, 3.05) is 5.01 Å². The molecule has 0 bridgehead atoms. The predicted molar refractivity (Wildman–Crippen MR) is 86.5 cm³/mol. The molecular weight excluding hydrogens is 323 g/mol. The predicted octanol–water partition coefficient (Wildman–Crippen LogP) is 3.45. The fourth-order valence-corrected chi connectivity index (χ4v) is 2.62. The van der Waals surface area contributed by atoms with Crippen LogP contribution in [0.3, 0.4) is 0 Å². The Kier molecular flexibility index (Phi) is 3.88. The number of hydrazine groups is 1. The number of rotatable bonds is 2. The Bertz CT molecular complexity index is 768. The largest absolute Gasteiger partial charge is 0.282 e. The highest BCUT2D eigenvalue weighted by Crippen LogP contribution is 2.28. The number of amides is 2. The summed E-state index contributed by atoms with van der Waals surface area (Å²) in [5.74, 6) is -0.947. The first-order valence-corrected chi connectivity index (χ1v) is 7.20. The van der Waals surface area contributed by atoms with Gasteiger partial charge >= 0.3 is 0 Å². The van der Waals surface area contributed by atoms with E-state index in [-0.39, 0.29) is 5.57 Å². The second-order valence-electron chi connectivity index (χ2n) is 4.61.